The molecule has 0 bridgehead atoms. The van der Waals surface area contributed by atoms with Crippen molar-refractivity contribution in [3.63, 3.8) is 0 Å². The molecule has 0 aromatic carbocycles. The third kappa shape index (κ3) is 11.7. The molecule has 0 amide bonds. The van der Waals surface area contributed by atoms with Gasteiger partial charge in [0.15, 0.2) is 0 Å². The lowest BCUT2D eigenvalue weighted by atomic mass is 10.1. The molecule has 0 rings (SSSR count). The maximum Gasteiger partial charge on any atom is -0.0327 e. The number of unbranched alkanes of at least 4 members (excludes halogenated alkanes) is 5. The molecule has 0 aliphatic heterocycles. The van der Waals surface area contributed by atoms with Gasteiger partial charge >= 0.3 is 0 Å². The Hall–Kier alpha value is -0.260. The fourth-order valence-electron chi connectivity index (χ4n) is 1.35. The molecule has 0 spiro atoms. The lowest BCUT2D eigenvalue weighted by molar-refractivity contribution is 0.633. The first-order valence-electron chi connectivity index (χ1n) is 5.92. The molecule has 0 N–H and O–H groups in total. The molecule has 13 heavy (non-hydrogen) atoms. The number of allylic oxidation sites excluding steroid dienone is 2. The van der Waals surface area contributed by atoms with Gasteiger partial charge in [0, 0.05) is 0 Å². The molecule has 0 saturated carbocycles. The van der Waals surface area contributed by atoms with Crippen LogP contribution in [0, 0.1) is 5.92 Å². The summed E-state index contributed by atoms with van der Waals surface area (Å²) in [7, 11) is 0. The average Bonchev–Trinajstić information content (AvgIpc) is 2.09. The number of hydrogen-bond acceptors (Lipinski definition) is 0. The van der Waals surface area contributed by atoms with Crippen molar-refractivity contribution in [1.82, 2.24) is 0 Å². The van der Waals surface area contributed by atoms with Crippen LogP contribution in [-0.4, -0.2) is 0 Å². The summed E-state index contributed by atoms with van der Waals surface area (Å²) in [5, 5.41) is 0. The highest BCUT2D eigenvalue weighted by molar-refractivity contribution is 4.82. The number of hydrogen-bond donors (Lipinski definition) is 0. The van der Waals surface area contributed by atoms with Gasteiger partial charge in [0.25, 0.3) is 0 Å². The van der Waals surface area contributed by atoms with Crippen LogP contribution in [0.2, 0.25) is 0 Å². The van der Waals surface area contributed by atoms with Crippen LogP contribution in [0.5, 0.6) is 0 Å². The minimum absolute atomic E-state index is 0.816. The second-order valence-corrected chi connectivity index (χ2v) is 4.30. The maximum absolute atomic E-state index is 2.35. The first kappa shape index (κ1) is 12.7. The summed E-state index contributed by atoms with van der Waals surface area (Å²) in [4.78, 5) is 0. The molecule has 0 nitrogen and oxygen atoms in total. The van der Waals surface area contributed by atoms with E-state index in [2.05, 4.69) is 32.9 Å². The Morgan fingerprint density at radius 3 is 2.23 bits per heavy atom. The smallest absolute Gasteiger partial charge is 0.0327 e. The minimum Gasteiger partial charge on any atom is -0.0885 e. The lowest BCUT2D eigenvalue weighted by Crippen LogP contribution is -1.81. The van der Waals surface area contributed by atoms with Crippen molar-refractivity contribution in [3.8, 4) is 0 Å². The van der Waals surface area contributed by atoms with Crippen molar-refractivity contribution in [1.29, 1.82) is 0 Å². The van der Waals surface area contributed by atoms with Gasteiger partial charge in [-0.15, -0.1) is 0 Å². The molecular weight excluding hydrogens is 156 g/mol. The van der Waals surface area contributed by atoms with E-state index < -0.39 is 0 Å². The van der Waals surface area contributed by atoms with E-state index in [1.54, 1.807) is 0 Å². The third-order valence-corrected chi connectivity index (χ3v) is 2.25. The predicted octanol–water partition coefficient (Wildman–Crippen LogP) is 4.95. The molecule has 0 unspecified atom stereocenters. The molecule has 0 aromatic rings. The SMILES string of the molecule is CCCCCCCC=CCC(C)C. The molecule has 0 saturated heterocycles. The summed E-state index contributed by atoms with van der Waals surface area (Å²) < 4.78 is 0. The van der Waals surface area contributed by atoms with Gasteiger partial charge < -0.3 is 0 Å². The Kier molecular flexibility index (Phi) is 9.63. The summed E-state index contributed by atoms with van der Waals surface area (Å²) in [6.07, 6.45) is 14.2. The van der Waals surface area contributed by atoms with Crippen molar-refractivity contribution in [2.45, 2.75) is 65.7 Å². The van der Waals surface area contributed by atoms with Crippen LogP contribution < -0.4 is 0 Å². The molecule has 0 aliphatic carbocycles. The van der Waals surface area contributed by atoms with E-state index in [1.807, 2.05) is 0 Å². The quantitative estimate of drug-likeness (QED) is 0.368. The summed E-state index contributed by atoms with van der Waals surface area (Å²) in [6, 6.07) is 0. The van der Waals surface area contributed by atoms with Crippen molar-refractivity contribution in [2.24, 2.45) is 5.92 Å². The van der Waals surface area contributed by atoms with Crippen LogP contribution in [0.4, 0.5) is 0 Å². The zero-order chi connectivity index (χ0) is 9.94. The monoisotopic (exact) mass is 182 g/mol. The van der Waals surface area contributed by atoms with Crippen LogP contribution in [0.3, 0.4) is 0 Å². The second-order valence-electron chi connectivity index (χ2n) is 4.30. The second kappa shape index (κ2) is 9.83. The van der Waals surface area contributed by atoms with Crippen molar-refractivity contribution >= 4 is 0 Å². The molecule has 0 aromatic heterocycles. The average molecular weight is 182 g/mol. The van der Waals surface area contributed by atoms with Crippen LogP contribution in [-0.2, 0) is 0 Å². The largest absolute Gasteiger partial charge is 0.0885 e. The van der Waals surface area contributed by atoms with Gasteiger partial charge in [-0.25, -0.2) is 0 Å². The van der Waals surface area contributed by atoms with E-state index in [-0.39, 0.29) is 0 Å². The highest BCUT2D eigenvalue weighted by Gasteiger charge is 1.88. The Bertz CT molecular complexity index is 111. The third-order valence-electron chi connectivity index (χ3n) is 2.25. The summed E-state index contributed by atoms with van der Waals surface area (Å²) in [5.74, 6) is 0.816. The topological polar surface area (TPSA) is 0 Å². The van der Waals surface area contributed by atoms with E-state index in [9.17, 15) is 0 Å². The van der Waals surface area contributed by atoms with E-state index in [4.69, 9.17) is 0 Å². The Balaban J connectivity index is 3.02. The molecule has 78 valence electrons. The maximum atomic E-state index is 2.35. The molecule has 0 fully saturated rings. The Morgan fingerprint density at radius 2 is 1.62 bits per heavy atom. The summed E-state index contributed by atoms with van der Waals surface area (Å²) in [5.41, 5.74) is 0. The van der Waals surface area contributed by atoms with E-state index in [1.165, 1.54) is 44.9 Å². The fourth-order valence-corrected chi connectivity index (χ4v) is 1.35. The van der Waals surface area contributed by atoms with Gasteiger partial charge in [0.2, 0.25) is 0 Å². The Labute approximate surface area is 84.4 Å². The fraction of sp³-hybridized carbons (Fsp3) is 0.846. The first-order chi connectivity index (χ1) is 6.27. The highest BCUT2D eigenvalue weighted by atomic mass is 13.9. The normalized spacial score (nSPS) is 11.7. The van der Waals surface area contributed by atoms with E-state index in [0.29, 0.717) is 0 Å². The first-order valence-corrected chi connectivity index (χ1v) is 5.92. The minimum atomic E-state index is 0.816. The van der Waals surface area contributed by atoms with Gasteiger partial charge in [-0.3, -0.25) is 0 Å². The van der Waals surface area contributed by atoms with Gasteiger partial charge in [-0.05, 0) is 25.2 Å². The summed E-state index contributed by atoms with van der Waals surface area (Å²) >= 11 is 0. The van der Waals surface area contributed by atoms with E-state index in [0.717, 1.165) is 5.92 Å². The van der Waals surface area contributed by atoms with Crippen molar-refractivity contribution in [2.75, 3.05) is 0 Å². The van der Waals surface area contributed by atoms with Crippen molar-refractivity contribution < 1.29 is 0 Å². The van der Waals surface area contributed by atoms with Crippen LogP contribution in [0.1, 0.15) is 65.7 Å². The number of rotatable bonds is 8. The Morgan fingerprint density at radius 1 is 0.923 bits per heavy atom. The lowest BCUT2D eigenvalue weighted by Gasteiger charge is -1.98. The van der Waals surface area contributed by atoms with Crippen molar-refractivity contribution in [3.05, 3.63) is 12.2 Å². The van der Waals surface area contributed by atoms with Gasteiger partial charge in [0.1, 0.15) is 0 Å². The molecule has 0 aliphatic rings. The molecule has 0 atom stereocenters. The zero-order valence-electron chi connectivity index (χ0n) is 9.68. The molecule has 0 heteroatoms. The highest BCUT2D eigenvalue weighted by Crippen LogP contribution is 2.06. The van der Waals surface area contributed by atoms with Crippen LogP contribution in [0.15, 0.2) is 12.2 Å². The zero-order valence-corrected chi connectivity index (χ0v) is 9.68. The predicted molar refractivity (Wildman–Crippen MR) is 62.0 cm³/mol. The molecule has 0 heterocycles. The summed E-state index contributed by atoms with van der Waals surface area (Å²) in [6.45, 7) is 6.81. The van der Waals surface area contributed by atoms with Gasteiger partial charge in [-0.2, -0.15) is 0 Å². The molecular formula is C13H26. The molecule has 0 radical (unpaired) electrons. The standard InChI is InChI=1S/C13H26/c1-4-5-6-7-8-9-10-11-12-13(2)3/h10-11,13H,4-9,12H2,1-3H3. The van der Waals surface area contributed by atoms with Crippen LogP contribution >= 0.6 is 0 Å². The van der Waals surface area contributed by atoms with E-state index >= 15 is 0 Å². The van der Waals surface area contributed by atoms with Gasteiger partial charge in [-0.1, -0.05) is 58.6 Å². The van der Waals surface area contributed by atoms with Crippen LogP contribution in [0.25, 0.3) is 0 Å². The van der Waals surface area contributed by atoms with Gasteiger partial charge in [0.05, 0.1) is 0 Å².